The highest BCUT2D eigenvalue weighted by atomic mass is 16.5. The van der Waals surface area contributed by atoms with Crippen molar-refractivity contribution in [3.63, 3.8) is 0 Å². The zero-order valence-corrected chi connectivity index (χ0v) is 11.8. The highest BCUT2D eigenvalue weighted by molar-refractivity contribution is 5.52. The maximum absolute atomic E-state index is 5.72. The fourth-order valence-corrected chi connectivity index (χ4v) is 2.58. The minimum Gasteiger partial charge on any atom is -0.373 e. The summed E-state index contributed by atoms with van der Waals surface area (Å²) in [4.78, 5) is 3.93. The van der Waals surface area contributed by atoms with Crippen molar-refractivity contribution in [3.8, 4) is 11.4 Å². The van der Waals surface area contributed by atoms with Crippen molar-refractivity contribution >= 4 is 0 Å². The van der Waals surface area contributed by atoms with Gasteiger partial charge in [0, 0.05) is 18.7 Å². The van der Waals surface area contributed by atoms with E-state index in [1.165, 1.54) is 0 Å². The lowest BCUT2D eigenvalue weighted by Gasteiger charge is -2.34. The third-order valence-corrected chi connectivity index (χ3v) is 3.31. The van der Waals surface area contributed by atoms with E-state index in [9.17, 15) is 0 Å². The topological polar surface area (TPSA) is 56.1 Å². The van der Waals surface area contributed by atoms with E-state index in [2.05, 4.69) is 34.2 Å². The lowest BCUT2D eigenvalue weighted by Crippen LogP contribution is -2.46. The number of hydrogen-bond acceptors (Lipinski definition) is 5. The van der Waals surface area contributed by atoms with E-state index in [1.807, 2.05) is 30.3 Å². The third-order valence-electron chi connectivity index (χ3n) is 3.31. The highest BCUT2D eigenvalue weighted by Crippen LogP contribution is 2.13. The van der Waals surface area contributed by atoms with Crippen LogP contribution in [0.25, 0.3) is 11.4 Å². The number of benzene rings is 1. The first-order chi connectivity index (χ1) is 9.70. The fourth-order valence-electron chi connectivity index (χ4n) is 2.58. The first-order valence-electron chi connectivity index (χ1n) is 6.92. The minimum atomic E-state index is 0.246. The van der Waals surface area contributed by atoms with E-state index in [0.29, 0.717) is 12.5 Å². The summed E-state index contributed by atoms with van der Waals surface area (Å²) in [6.45, 7) is 6.62. The first kappa shape index (κ1) is 13.2. The van der Waals surface area contributed by atoms with Crippen LogP contribution in [0.15, 0.2) is 30.3 Å². The van der Waals surface area contributed by atoms with E-state index >= 15 is 0 Å². The van der Waals surface area contributed by atoms with Crippen molar-refractivity contribution < 1.29 is 4.74 Å². The maximum Gasteiger partial charge on any atom is 0.204 e. The predicted octanol–water partition coefficient (Wildman–Crippen LogP) is 1.41. The molecule has 2 aromatic rings. The molecule has 0 radical (unpaired) electrons. The molecule has 0 spiro atoms. The molecule has 3 rings (SSSR count). The van der Waals surface area contributed by atoms with Crippen LogP contribution in [0.2, 0.25) is 0 Å². The number of ether oxygens (including phenoxy) is 1. The molecule has 1 saturated heterocycles. The Kier molecular flexibility index (Phi) is 3.75. The Hall–Kier alpha value is -1.79. The second-order valence-electron chi connectivity index (χ2n) is 5.29. The Morgan fingerprint density at radius 2 is 1.85 bits per heavy atom. The van der Waals surface area contributed by atoms with Gasteiger partial charge in [-0.05, 0) is 19.1 Å². The van der Waals surface area contributed by atoms with E-state index in [1.54, 1.807) is 4.80 Å². The molecule has 0 aliphatic carbocycles. The number of rotatable bonds is 3. The van der Waals surface area contributed by atoms with Crippen molar-refractivity contribution in [2.45, 2.75) is 32.7 Å². The number of nitrogens with zero attached hydrogens (tertiary/aromatic N) is 5. The fraction of sp³-hybridized carbons (Fsp3) is 0.500. The molecule has 6 nitrogen and oxygen atoms in total. The highest BCUT2D eigenvalue weighted by Gasteiger charge is 2.22. The van der Waals surface area contributed by atoms with Crippen LogP contribution in [0.3, 0.4) is 0 Å². The summed E-state index contributed by atoms with van der Waals surface area (Å²) in [5.41, 5.74) is 0.988. The second-order valence-corrected chi connectivity index (χ2v) is 5.29. The van der Waals surface area contributed by atoms with Gasteiger partial charge in [0.1, 0.15) is 6.67 Å². The number of aromatic nitrogens is 4. The Balaban J connectivity index is 1.68. The molecular formula is C14H19N5O. The van der Waals surface area contributed by atoms with Crippen LogP contribution in [-0.4, -0.2) is 50.4 Å². The standard InChI is InChI=1S/C14H19N5O/c1-11-8-18(9-12(2)20-11)10-19-16-14(15-17-19)13-6-4-3-5-7-13/h3-7,11-12H,8-10H2,1-2H3. The zero-order valence-electron chi connectivity index (χ0n) is 11.8. The van der Waals surface area contributed by atoms with Crippen molar-refractivity contribution in [3.05, 3.63) is 30.3 Å². The molecule has 1 aromatic carbocycles. The summed E-state index contributed by atoms with van der Waals surface area (Å²) < 4.78 is 5.72. The van der Waals surface area contributed by atoms with Gasteiger partial charge >= 0.3 is 0 Å². The molecule has 2 heterocycles. The quantitative estimate of drug-likeness (QED) is 0.846. The Bertz CT molecular complexity index is 546. The SMILES string of the molecule is CC1CN(Cn2nnc(-c3ccccc3)n2)CC(C)O1. The molecule has 0 bridgehead atoms. The van der Waals surface area contributed by atoms with Gasteiger partial charge in [0.2, 0.25) is 5.82 Å². The normalized spacial score (nSPS) is 23.9. The van der Waals surface area contributed by atoms with Gasteiger partial charge in [-0.3, -0.25) is 4.90 Å². The molecule has 6 heteroatoms. The first-order valence-corrected chi connectivity index (χ1v) is 6.92. The Morgan fingerprint density at radius 1 is 1.15 bits per heavy atom. The molecule has 0 saturated carbocycles. The smallest absolute Gasteiger partial charge is 0.204 e. The summed E-state index contributed by atoms with van der Waals surface area (Å²) in [5, 5.41) is 12.7. The van der Waals surface area contributed by atoms with Crippen LogP contribution in [-0.2, 0) is 11.4 Å². The van der Waals surface area contributed by atoms with Crippen LogP contribution in [0.5, 0.6) is 0 Å². The Morgan fingerprint density at radius 3 is 2.55 bits per heavy atom. The van der Waals surface area contributed by atoms with Gasteiger partial charge in [0.25, 0.3) is 0 Å². The molecule has 106 valence electrons. The van der Waals surface area contributed by atoms with Crippen molar-refractivity contribution in [1.29, 1.82) is 0 Å². The van der Waals surface area contributed by atoms with Crippen molar-refractivity contribution in [2.24, 2.45) is 0 Å². The average Bonchev–Trinajstić information content (AvgIpc) is 2.87. The minimum absolute atomic E-state index is 0.246. The molecule has 1 aliphatic heterocycles. The van der Waals surface area contributed by atoms with Gasteiger partial charge in [-0.15, -0.1) is 15.0 Å². The number of tetrazole rings is 1. The van der Waals surface area contributed by atoms with Crippen LogP contribution < -0.4 is 0 Å². The third kappa shape index (κ3) is 3.02. The lowest BCUT2D eigenvalue weighted by atomic mass is 10.2. The second kappa shape index (κ2) is 5.68. The van der Waals surface area contributed by atoms with E-state index in [0.717, 1.165) is 18.7 Å². The van der Waals surface area contributed by atoms with Crippen LogP contribution >= 0.6 is 0 Å². The molecule has 20 heavy (non-hydrogen) atoms. The van der Waals surface area contributed by atoms with Gasteiger partial charge in [-0.2, -0.15) is 0 Å². The summed E-state index contributed by atoms with van der Waals surface area (Å²) in [5.74, 6) is 0.667. The summed E-state index contributed by atoms with van der Waals surface area (Å²) in [7, 11) is 0. The van der Waals surface area contributed by atoms with Crippen molar-refractivity contribution in [1.82, 2.24) is 25.1 Å². The van der Waals surface area contributed by atoms with Crippen LogP contribution in [0.1, 0.15) is 13.8 Å². The summed E-state index contributed by atoms with van der Waals surface area (Å²) >= 11 is 0. The van der Waals surface area contributed by atoms with Gasteiger partial charge in [-0.1, -0.05) is 30.3 Å². The molecule has 2 unspecified atom stereocenters. The molecule has 0 N–H and O–H groups in total. The van der Waals surface area contributed by atoms with Gasteiger partial charge in [0.15, 0.2) is 0 Å². The molecular weight excluding hydrogens is 254 g/mol. The van der Waals surface area contributed by atoms with Crippen molar-refractivity contribution in [2.75, 3.05) is 13.1 Å². The number of hydrogen-bond donors (Lipinski definition) is 0. The van der Waals surface area contributed by atoms with E-state index in [4.69, 9.17) is 4.74 Å². The lowest BCUT2D eigenvalue weighted by molar-refractivity contribution is -0.0788. The van der Waals surface area contributed by atoms with Gasteiger partial charge in [-0.25, -0.2) is 0 Å². The molecule has 1 fully saturated rings. The molecule has 1 aliphatic rings. The Labute approximate surface area is 118 Å². The van der Waals surface area contributed by atoms with Gasteiger partial charge in [0.05, 0.1) is 12.2 Å². The van der Waals surface area contributed by atoms with Gasteiger partial charge < -0.3 is 4.74 Å². The van der Waals surface area contributed by atoms with E-state index < -0.39 is 0 Å². The van der Waals surface area contributed by atoms with Crippen LogP contribution in [0.4, 0.5) is 0 Å². The largest absolute Gasteiger partial charge is 0.373 e. The summed E-state index contributed by atoms with van der Waals surface area (Å²) in [6.07, 6.45) is 0.492. The summed E-state index contributed by atoms with van der Waals surface area (Å²) in [6, 6.07) is 9.90. The molecule has 2 atom stereocenters. The zero-order chi connectivity index (χ0) is 13.9. The van der Waals surface area contributed by atoms with E-state index in [-0.39, 0.29) is 12.2 Å². The molecule has 0 amide bonds. The monoisotopic (exact) mass is 273 g/mol. The number of morpholine rings is 1. The predicted molar refractivity (Wildman–Crippen MR) is 74.8 cm³/mol. The average molecular weight is 273 g/mol. The maximum atomic E-state index is 5.72. The van der Waals surface area contributed by atoms with Crippen LogP contribution in [0, 0.1) is 0 Å². The molecule has 1 aromatic heterocycles.